The highest BCUT2D eigenvalue weighted by Crippen LogP contribution is 2.15. The van der Waals surface area contributed by atoms with Gasteiger partial charge in [0.2, 0.25) is 0 Å². The number of allylic oxidation sites excluding steroid dienone is 1. The molecular weight excluding hydrogens is 164 g/mol. The van der Waals surface area contributed by atoms with Gasteiger partial charge in [0.1, 0.15) is 5.76 Å². The number of aliphatic hydroxyl groups is 1. The van der Waals surface area contributed by atoms with Crippen molar-refractivity contribution in [3.05, 3.63) is 41.5 Å². The van der Waals surface area contributed by atoms with Crippen molar-refractivity contribution in [3.8, 4) is 0 Å². The molecule has 13 heavy (non-hydrogen) atoms. The van der Waals surface area contributed by atoms with Gasteiger partial charge in [0.25, 0.3) is 0 Å². The molecule has 0 aliphatic carbocycles. The number of hydrogen-bond donors (Lipinski definition) is 1. The first-order valence-corrected chi connectivity index (χ1v) is 4.09. The molecule has 0 atom stereocenters. The average Bonchev–Trinajstić information content (AvgIpc) is 2.17. The van der Waals surface area contributed by atoms with Crippen LogP contribution in [0.3, 0.4) is 0 Å². The summed E-state index contributed by atoms with van der Waals surface area (Å²) in [5, 5.41) is 9.62. The van der Waals surface area contributed by atoms with Gasteiger partial charge in [0.15, 0.2) is 5.78 Å². The van der Waals surface area contributed by atoms with Crippen LogP contribution in [0.25, 0.3) is 5.76 Å². The Kier molecular flexibility index (Phi) is 2.85. The van der Waals surface area contributed by atoms with Crippen molar-refractivity contribution in [3.63, 3.8) is 0 Å². The van der Waals surface area contributed by atoms with Gasteiger partial charge in [-0.25, -0.2) is 0 Å². The molecule has 1 aromatic rings. The minimum absolute atomic E-state index is 0.0631. The maximum atomic E-state index is 10.9. The Labute approximate surface area is 77.5 Å². The summed E-state index contributed by atoms with van der Waals surface area (Å²) in [7, 11) is 0. The smallest absolute Gasteiger partial charge is 0.159 e. The van der Waals surface area contributed by atoms with Gasteiger partial charge < -0.3 is 5.11 Å². The van der Waals surface area contributed by atoms with Gasteiger partial charge in [-0.15, -0.1) is 0 Å². The molecule has 0 amide bonds. The zero-order valence-electron chi connectivity index (χ0n) is 7.74. The molecule has 1 rings (SSSR count). The molecule has 0 aliphatic rings. The number of rotatable bonds is 2. The highest BCUT2D eigenvalue weighted by Gasteiger charge is 2.06. The number of carbonyl (C=O) groups excluding carboxylic acids is 1. The summed E-state index contributed by atoms with van der Waals surface area (Å²) >= 11 is 0. The molecule has 0 heterocycles. The normalized spacial score (nSPS) is 12.2. The van der Waals surface area contributed by atoms with Crippen LogP contribution in [0, 0.1) is 0 Å². The predicted octanol–water partition coefficient (Wildman–Crippen LogP) is 2.56. The van der Waals surface area contributed by atoms with E-state index in [0.29, 0.717) is 11.1 Å². The van der Waals surface area contributed by atoms with E-state index in [9.17, 15) is 9.90 Å². The van der Waals surface area contributed by atoms with Gasteiger partial charge in [-0.1, -0.05) is 30.3 Å². The van der Waals surface area contributed by atoms with E-state index in [1.165, 1.54) is 6.92 Å². The van der Waals surface area contributed by atoms with Crippen LogP contribution < -0.4 is 0 Å². The summed E-state index contributed by atoms with van der Waals surface area (Å²) in [5.41, 5.74) is 1.07. The molecule has 1 N–H and O–H groups in total. The average molecular weight is 176 g/mol. The maximum absolute atomic E-state index is 10.9. The Balaban J connectivity index is 3.11. The molecule has 0 unspecified atom stereocenters. The third-order valence-electron chi connectivity index (χ3n) is 1.93. The molecule has 2 nitrogen and oxygen atoms in total. The van der Waals surface area contributed by atoms with Crippen molar-refractivity contribution in [2.45, 2.75) is 13.8 Å². The number of ketones is 1. The maximum Gasteiger partial charge on any atom is 0.159 e. The van der Waals surface area contributed by atoms with Gasteiger partial charge in [-0.3, -0.25) is 4.79 Å². The fourth-order valence-corrected chi connectivity index (χ4v) is 0.979. The topological polar surface area (TPSA) is 37.3 Å². The van der Waals surface area contributed by atoms with E-state index in [-0.39, 0.29) is 11.5 Å². The minimum atomic E-state index is -0.110. The van der Waals surface area contributed by atoms with Crippen molar-refractivity contribution in [1.29, 1.82) is 0 Å². The Morgan fingerprint density at radius 2 is 1.69 bits per heavy atom. The zero-order chi connectivity index (χ0) is 9.84. The van der Waals surface area contributed by atoms with E-state index in [4.69, 9.17) is 0 Å². The molecule has 0 bridgehead atoms. The summed E-state index contributed by atoms with van der Waals surface area (Å²) in [4.78, 5) is 10.9. The van der Waals surface area contributed by atoms with Crippen LogP contribution in [0.2, 0.25) is 0 Å². The number of aliphatic hydroxyl groups excluding tert-OH is 1. The number of hydrogen-bond acceptors (Lipinski definition) is 2. The Bertz CT molecular complexity index is 336. The number of benzene rings is 1. The lowest BCUT2D eigenvalue weighted by atomic mass is 10.1. The molecular formula is C11H12O2. The predicted molar refractivity (Wildman–Crippen MR) is 52.3 cm³/mol. The second kappa shape index (κ2) is 3.90. The summed E-state index contributed by atoms with van der Waals surface area (Å²) in [6.07, 6.45) is 0. The zero-order valence-corrected chi connectivity index (χ0v) is 7.74. The van der Waals surface area contributed by atoms with Gasteiger partial charge in [0.05, 0.1) is 0 Å². The molecule has 0 spiro atoms. The van der Waals surface area contributed by atoms with Crippen LogP contribution in [-0.4, -0.2) is 10.9 Å². The first-order valence-electron chi connectivity index (χ1n) is 4.09. The lowest BCUT2D eigenvalue weighted by Crippen LogP contribution is -1.96. The lowest BCUT2D eigenvalue weighted by molar-refractivity contribution is -0.113. The van der Waals surface area contributed by atoms with Crippen LogP contribution in [0.4, 0.5) is 0 Å². The monoisotopic (exact) mass is 176 g/mol. The molecule has 0 saturated heterocycles. The van der Waals surface area contributed by atoms with E-state index in [2.05, 4.69) is 0 Å². The standard InChI is InChI=1S/C11H12O2/c1-8(9(2)12)11(13)10-6-4-3-5-7-10/h3-7,13H,1-2H3/b11-8-. The molecule has 2 heteroatoms. The van der Waals surface area contributed by atoms with Crippen molar-refractivity contribution in [1.82, 2.24) is 0 Å². The van der Waals surface area contributed by atoms with Crippen molar-refractivity contribution < 1.29 is 9.90 Å². The highest BCUT2D eigenvalue weighted by molar-refractivity contribution is 5.98. The number of Topliss-reactive ketones (excluding diaryl/α,β-unsaturated/α-hetero) is 1. The van der Waals surface area contributed by atoms with Crippen LogP contribution in [0.15, 0.2) is 35.9 Å². The second-order valence-corrected chi connectivity index (χ2v) is 2.90. The van der Waals surface area contributed by atoms with E-state index >= 15 is 0 Å². The van der Waals surface area contributed by atoms with Crippen molar-refractivity contribution in [2.75, 3.05) is 0 Å². The van der Waals surface area contributed by atoms with E-state index in [0.717, 1.165) is 0 Å². The SMILES string of the molecule is CC(=O)/C(C)=C(\O)c1ccccc1. The lowest BCUT2D eigenvalue weighted by Gasteiger charge is -2.02. The molecule has 1 aromatic carbocycles. The third kappa shape index (κ3) is 2.18. The summed E-state index contributed by atoms with van der Waals surface area (Å²) in [6.45, 7) is 3.05. The molecule has 0 radical (unpaired) electrons. The Morgan fingerprint density at radius 1 is 1.15 bits per heavy atom. The van der Waals surface area contributed by atoms with Crippen LogP contribution in [-0.2, 0) is 4.79 Å². The van der Waals surface area contributed by atoms with E-state index < -0.39 is 0 Å². The van der Waals surface area contributed by atoms with Gasteiger partial charge in [-0.05, 0) is 13.8 Å². The fraction of sp³-hybridized carbons (Fsp3) is 0.182. The van der Waals surface area contributed by atoms with E-state index in [1.54, 1.807) is 19.1 Å². The van der Waals surface area contributed by atoms with Crippen molar-refractivity contribution in [2.24, 2.45) is 0 Å². The molecule has 0 aliphatic heterocycles. The summed E-state index contributed by atoms with van der Waals surface area (Å²) < 4.78 is 0. The molecule has 0 fully saturated rings. The minimum Gasteiger partial charge on any atom is -0.507 e. The fourth-order valence-electron chi connectivity index (χ4n) is 0.979. The number of carbonyl (C=O) groups is 1. The second-order valence-electron chi connectivity index (χ2n) is 2.90. The summed E-state index contributed by atoms with van der Waals surface area (Å²) in [6, 6.07) is 9.03. The molecule has 0 saturated carbocycles. The largest absolute Gasteiger partial charge is 0.507 e. The van der Waals surface area contributed by atoms with Gasteiger partial charge >= 0.3 is 0 Å². The molecule has 68 valence electrons. The van der Waals surface area contributed by atoms with Crippen molar-refractivity contribution >= 4 is 11.5 Å². The quantitative estimate of drug-likeness (QED) is 0.555. The molecule has 0 aromatic heterocycles. The van der Waals surface area contributed by atoms with Gasteiger partial charge in [0, 0.05) is 11.1 Å². The van der Waals surface area contributed by atoms with Gasteiger partial charge in [-0.2, -0.15) is 0 Å². The van der Waals surface area contributed by atoms with Crippen LogP contribution >= 0.6 is 0 Å². The summed E-state index contributed by atoms with van der Waals surface area (Å²) in [5.74, 6) is -0.0468. The van der Waals surface area contributed by atoms with Crippen LogP contribution in [0.5, 0.6) is 0 Å². The third-order valence-corrected chi connectivity index (χ3v) is 1.93. The Hall–Kier alpha value is -1.57. The highest BCUT2D eigenvalue weighted by atomic mass is 16.3. The first-order chi connectivity index (χ1) is 6.13. The Morgan fingerprint density at radius 3 is 2.15 bits per heavy atom. The first kappa shape index (κ1) is 9.52. The van der Waals surface area contributed by atoms with E-state index in [1.807, 2.05) is 18.2 Å². The van der Waals surface area contributed by atoms with Crippen LogP contribution in [0.1, 0.15) is 19.4 Å².